The van der Waals surface area contributed by atoms with Gasteiger partial charge in [-0.05, 0) is 48.9 Å². The fraction of sp³-hybridized carbons (Fsp3) is 0.467. The monoisotopic (exact) mass is 218 g/mol. The van der Waals surface area contributed by atoms with Gasteiger partial charge in [0.2, 0.25) is 0 Å². The molecule has 0 fully saturated rings. The Balaban J connectivity index is 2.96. The van der Waals surface area contributed by atoms with Crippen LogP contribution in [-0.2, 0) is 6.42 Å². The number of rotatable bonds is 6. The summed E-state index contributed by atoms with van der Waals surface area (Å²) in [6.07, 6.45) is 4.07. The second-order valence-electron chi connectivity index (χ2n) is 4.07. The van der Waals surface area contributed by atoms with Crippen molar-refractivity contribution in [2.45, 2.75) is 39.5 Å². The standard InChI is InChI=1S/C15H22O/c1-5-8-12(4)15-10-9-14(16-7-3)11-13(15)6-2/h5,9-12H,1,6-8H2,2-4H3. The van der Waals surface area contributed by atoms with Gasteiger partial charge in [0.15, 0.2) is 0 Å². The van der Waals surface area contributed by atoms with E-state index in [1.807, 2.05) is 13.0 Å². The Morgan fingerprint density at radius 3 is 2.69 bits per heavy atom. The lowest BCUT2D eigenvalue weighted by molar-refractivity contribution is 0.339. The molecule has 0 spiro atoms. The lowest BCUT2D eigenvalue weighted by Gasteiger charge is -2.15. The highest BCUT2D eigenvalue weighted by atomic mass is 16.5. The van der Waals surface area contributed by atoms with Gasteiger partial charge in [-0.1, -0.05) is 26.0 Å². The van der Waals surface area contributed by atoms with E-state index in [1.165, 1.54) is 11.1 Å². The highest BCUT2D eigenvalue weighted by molar-refractivity contribution is 5.37. The molecule has 0 amide bonds. The van der Waals surface area contributed by atoms with Crippen molar-refractivity contribution in [3.05, 3.63) is 42.0 Å². The predicted octanol–water partition coefficient (Wildman–Crippen LogP) is 4.33. The number of hydrogen-bond acceptors (Lipinski definition) is 1. The van der Waals surface area contributed by atoms with Gasteiger partial charge in [-0.15, -0.1) is 6.58 Å². The summed E-state index contributed by atoms with van der Waals surface area (Å²) in [5, 5.41) is 0. The molecule has 1 nitrogen and oxygen atoms in total. The summed E-state index contributed by atoms with van der Waals surface area (Å²) in [5.41, 5.74) is 2.81. The van der Waals surface area contributed by atoms with Gasteiger partial charge in [-0.3, -0.25) is 0 Å². The van der Waals surface area contributed by atoms with E-state index in [1.54, 1.807) is 0 Å². The molecule has 1 aromatic carbocycles. The van der Waals surface area contributed by atoms with Crippen molar-refractivity contribution in [2.75, 3.05) is 6.61 Å². The molecule has 0 saturated heterocycles. The van der Waals surface area contributed by atoms with Crippen LogP contribution in [0.1, 0.15) is 44.2 Å². The molecule has 0 aliphatic carbocycles. The van der Waals surface area contributed by atoms with E-state index < -0.39 is 0 Å². The van der Waals surface area contributed by atoms with Crippen molar-refractivity contribution >= 4 is 0 Å². The van der Waals surface area contributed by atoms with Gasteiger partial charge < -0.3 is 4.74 Å². The van der Waals surface area contributed by atoms with Crippen LogP contribution in [-0.4, -0.2) is 6.61 Å². The summed E-state index contributed by atoms with van der Waals surface area (Å²) in [7, 11) is 0. The summed E-state index contributed by atoms with van der Waals surface area (Å²) < 4.78 is 5.52. The number of allylic oxidation sites excluding steroid dienone is 1. The summed E-state index contributed by atoms with van der Waals surface area (Å²) >= 11 is 0. The third-order valence-corrected chi connectivity index (χ3v) is 2.86. The molecule has 1 heteroatoms. The first-order valence-corrected chi connectivity index (χ1v) is 6.09. The van der Waals surface area contributed by atoms with Gasteiger partial charge in [0.05, 0.1) is 6.61 Å². The molecule has 1 unspecified atom stereocenters. The number of hydrogen-bond donors (Lipinski definition) is 0. The molecule has 0 aliphatic heterocycles. The third-order valence-electron chi connectivity index (χ3n) is 2.86. The second-order valence-corrected chi connectivity index (χ2v) is 4.07. The van der Waals surface area contributed by atoms with Crippen molar-refractivity contribution in [1.82, 2.24) is 0 Å². The Morgan fingerprint density at radius 2 is 2.12 bits per heavy atom. The van der Waals surface area contributed by atoms with Crippen molar-refractivity contribution in [3.63, 3.8) is 0 Å². The summed E-state index contributed by atoms with van der Waals surface area (Å²) in [4.78, 5) is 0. The van der Waals surface area contributed by atoms with E-state index >= 15 is 0 Å². The lowest BCUT2D eigenvalue weighted by Crippen LogP contribution is -2.00. The largest absolute Gasteiger partial charge is 0.494 e. The topological polar surface area (TPSA) is 9.23 Å². The third kappa shape index (κ3) is 3.13. The minimum Gasteiger partial charge on any atom is -0.494 e. The molecule has 0 radical (unpaired) electrons. The molecule has 0 bridgehead atoms. The highest BCUT2D eigenvalue weighted by Crippen LogP contribution is 2.27. The SMILES string of the molecule is C=CCC(C)c1ccc(OCC)cc1CC. The maximum atomic E-state index is 5.52. The van der Waals surface area contributed by atoms with E-state index in [2.05, 4.69) is 38.6 Å². The quantitative estimate of drug-likeness (QED) is 0.646. The van der Waals surface area contributed by atoms with Crippen LogP contribution < -0.4 is 4.74 Å². The number of benzene rings is 1. The molecule has 0 N–H and O–H groups in total. The van der Waals surface area contributed by atoms with Crippen LogP contribution >= 0.6 is 0 Å². The normalized spacial score (nSPS) is 12.2. The highest BCUT2D eigenvalue weighted by Gasteiger charge is 2.09. The van der Waals surface area contributed by atoms with E-state index in [9.17, 15) is 0 Å². The van der Waals surface area contributed by atoms with Crippen LogP contribution in [0.2, 0.25) is 0 Å². The molecular weight excluding hydrogens is 196 g/mol. The molecule has 1 aromatic rings. The fourth-order valence-corrected chi connectivity index (χ4v) is 2.00. The second kappa shape index (κ2) is 6.37. The van der Waals surface area contributed by atoms with Crippen LogP contribution in [0.25, 0.3) is 0 Å². The fourth-order valence-electron chi connectivity index (χ4n) is 2.00. The maximum Gasteiger partial charge on any atom is 0.119 e. The first-order chi connectivity index (χ1) is 7.72. The van der Waals surface area contributed by atoms with E-state index in [-0.39, 0.29) is 0 Å². The Hall–Kier alpha value is -1.24. The van der Waals surface area contributed by atoms with Gasteiger partial charge in [-0.2, -0.15) is 0 Å². The van der Waals surface area contributed by atoms with Crippen molar-refractivity contribution in [1.29, 1.82) is 0 Å². The number of aryl methyl sites for hydroxylation is 1. The van der Waals surface area contributed by atoms with E-state index in [0.717, 1.165) is 25.2 Å². The minimum absolute atomic E-state index is 0.545. The maximum absolute atomic E-state index is 5.52. The van der Waals surface area contributed by atoms with Crippen molar-refractivity contribution in [2.24, 2.45) is 0 Å². The molecule has 88 valence electrons. The van der Waals surface area contributed by atoms with Crippen molar-refractivity contribution < 1.29 is 4.74 Å². The zero-order valence-corrected chi connectivity index (χ0v) is 10.6. The summed E-state index contributed by atoms with van der Waals surface area (Å²) in [5.74, 6) is 1.53. The van der Waals surface area contributed by atoms with Gasteiger partial charge >= 0.3 is 0 Å². The van der Waals surface area contributed by atoms with Crippen LogP contribution in [0, 0.1) is 0 Å². The average Bonchev–Trinajstić information content (AvgIpc) is 2.29. The van der Waals surface area contributed by atoms with Crippen LogP contribution in [0.5, 0.6) is 5.75 Å². The van der Waals surface area contributed by atoms with E-state index in [4.69, 9.17) is 4.74 Å². The van der Waals surface area contributed by atoms with Crippen LogP contribution in [0.15, 0.2) is 30.9 Å². The number of ether oxygens (including phenoxy) is 1. The Labute approximate surface area is 99.1 Å². The zero-order chi connectivity index (χ0) is 12.0. The average molecular weight is 218 g/mol. The molecule has 1 atom stereocenters. The van der Waals surface area contributed by atoms with Crippen LogP contribution in [0.3, 0.4) is 0 Å². The Bertz CT molecular complexity index is 341. The van der Waals surface area contributed by atoms with Gasteiger partial charge in [-0.25, -0.2) is 0 Å². The molecule has 0 aromatic heterocycles. The zero-order valence-electron chi connectivity index (χ0n) is 10.6. The molecular formula is C15H22O. The van der Waals surface area contributed by atoms with E-state index in [0.29, 0.717) is 5.92 Å². The molecule has 16 heavy (non-hydrogen) atoms. The van der Waals surface area contributed by atoms with Gasteiger partial charge in [0.1, 0.15) is 5.75 Å². The Kier molecular flexibility index (Phi) is 5.10. The summed E-state index contributed by atoms with van der Waals surface area (Å²) in [6.45, 7) is 11.0. The first kappa shape index (κ1) is 12.8. The molecule has 0 aliphatic rings. The Morgan fingerprint density at radius 1 is 1.38 bits per heavy atom. The smallest absolute Gasteiger partial charge is 0.119 e. The molecule has 1 rings (SSSR count). The van der Waals surface area contributed by atoms with Gasteiger partial charge in [0, 0.05) is 0 Å². The van der Waals surface area contributed by atoms with Gasteiger partial charge in [0.25, 0.3) is 0 Å². The lowest BCUT2D eigenvalue weighted by atomic mass is 9.92. The molecule has 0 saturated carbocycles. The molecule has 0 heterocycles. The van der Waals surface area contributed by atoms with Crippen molar-refractivity contribution in [3.8, 4) is 5.75 Å². The predicted molar refractivity (Wildman–Crippen MR) is 70.2 cm³/mol. The minimum atomic E-state index is 0.545. The first-order valence-electron chi connectivity index (χ1n) is 6.09. The van der Waals surface area contributed by atoms with Crippen LogP contribution in [0.4, 0.5) is 0 Å². The summed E-state index contributed by atoms with van der Waals surface area (Å²) in [6, 6.07) is 6.42.